The Morgan fingerprint density at radius 3 is 3.15 bits per heavy atom. The van der Waals surface area contributed by atoms with E-state index in [0.717, 1.165) is 16.6 Å². The molecular formula is C7H9N5S. The number of hydrogen-bond acceptors (Lipinski definition) is 4. The first-order valence-corrected chi connectivity index (χ1v) is 4.80. The van der Waals surface area contributed by atoms with Gasteiger partial charge in [-0.25, -0.2) is 4.98 Å². The Bertz CT molecular complexity index is 366. The molecule has 1 N–H and O–H groups in total. The Morgan fingerprint density at radius 1 is 1.62 bits per heavy atom. The minimum atomic E-state index is 0.793. The van der Waals surface area contributed by atoms with Crippen LogP contribution >= 0.6 is 11.8 Å². The van der Waals surface area contributed by atoms with Crippen molar-refractivity contribution in [2.45, 2.75) is 10.9 Å². The molecule has 68 valence electrons. The number of rotatable bonds is 3. The molecule has 0 bridgehead atoms. The van der Waals surface area contributed by atoms with Crippen LogP contribution in [-0.4, -0.2) is 25.0 Å². The molecule has 0 saturated heterocycles. The van der Waals surface area contributed by atoms with Gasteiger partial charge in [0.05, 0.1) is 11.9 Å². The average molecular weight is 195 g/mol. The van der Waals surface area contributed by atoms with Crippen LogP contribution in [0.15, 0.2) is 23.7 Å². The summed E-state index contributed by atoms with van der Waals surface area (Å²) in [4.78, 5) is 8.66. The summed E-state index contributed by atoms with van der Waals surface area (Å²) < 4.78 is 0. The van der Waals surface area contributed by atoms with E-state index in [4.69, 9.17) is 0 Å². The molecule has 0 aliphatic rings. The second-order valence-corrected chi connectivity index (χ2v) is 3.47. The van der Waals surface area contributed by atoms with Crippen molar-refractivity contribution >= 4 is 11.8 Å². The predicted octanol–water partition coefficient (Wildman–Crippen LogP) is 0.831. The number of aryl methyl sites for hydroxylation is 1. The van der Waals surface area contributed by atoms with Crippen LogP contribution in [0.25, 0.3) is 0 Å². The van der Waals surface area contributed by atoms with Gasteiger partial charge in [-0.2, -0.15) is 15.0 Å². The Morgan fingerprint density at radius 2 is 2.54 bits per heavy atom. The molecule has 2 heterocycles. The molecule has 2 aromatic heterocycles. The minimum Gasteiger partial charge on any atom is -0.340 e. The largest absolute Gasteiger partial charge is 0.340 e. The maximum atomic E-state index is 4.15. The van der Waals surface area contributed by atoms with Gasteiger partial charge in [0.25, 0.3) is 0 Å². The summed E-state index contributed by atoms with van der Waals surface area (Å²) in [5.74, 6) is 0.793. The van der Waals surface area contributed by atoms with Crippen molar-refractivity contribution in [1.29, 1.82) is 0 Å². The van der Waals surface area contributed by atoms with Gasteiger partial charge in [0.1, 0.15) is 0 Å². The normalized spacial score (nSPS) is 10.5. The number of aromatic amines is 1. The molecule has 6 heteroatoms. The fourth-order valence-electron chi connectivity index (χ4n) is 0.926. The smallest absolute Gasteiger partial charge is 0.165 e. The summed E-state index contributed by atoms with van der Waals surface area (Å²) in [6.45, 7) is 0. The SMILES string of the molecule is Cn1ncc(CSc2ncc[nH]2)n1. The Hall–Kier alpha value is -1.30. The van der Waals surface area contributed by atoms with Gasteiger partial charge in [0.2, 0.25) is 0 Å². The average Bonchev–Trinajstić information content (AvgIpc) is 2.71. The van der Waals surface area contributed by atoms with Crippen molar-refractivity contribution < 1.29 is 0 Å². The quantitative estimate of drug-likeness (QED) is 0.737. The summed E-state index contributed by atoms with van der Waals surface area (Å²) in [5.41, 5.74) is 0.962. The molecule has 0 unspecified atom stereocenters. The molecule has 0 saturated carbocycles. The molecule has 0 amide bonds. The summed E-state index contributed by atoms with van der Waals surface area (Å²) in [5, 5.41) is 9.04. The van der Waals surface area contributed by atoms with Crippen molar-refractivity contribution in [3.05, 3.63) is 24.3 Å². The Balaban J connectivity index is 1.93. The van der Waals surface area contributed by atoms with Crippen LogP contribution in [0.5, 0.6) is 0 Å². The molecule has 2 aromatic rings. The van der Waals surface area contributed by atoms with Crippen LogP contribution < -0.4 is 0 Å². The highest BCUT2D eigenvalue weighted by Crippen LogP contribution is 2.16. The second kappa shape index (κ2) is 3.61. The maximum absolute atomic E-state index is 4.15. The molecule has 2 rings (SSSR count). The first-order valence-electron chi connectivity index (χ1n) is 3.82. The first kappa shape index (κ1) is 8.31. The van der Waals surface area contributed by atoms with Gasteiger partial charge >= 0.3 is 0 Å². The fraction of sp³-hybridized carbons (Fsp3) is 0.286. The van der Waals surface area contributed by atoms with Crippen LogP contribution in [0.3, 0.4) is 0 Å². The zero-order valence-electron chi connectivity index (χ0n) is 7.14. The summed E-state index contributed by atoms with van der Waals surface area (Å²) in [7, 11) is 1.81. The lowest BCUT2D eigenvalue weighted by Crippen LogP contribution is -1.92. The third kappa shape index (κ3) is 2.09. The van der Waals surface area contributed by atoms with Crippen molar-refractivity contribution in [3.63, 3.8) is 0 Å². The standard InChI is InChI=1S/C7H9N5S/c1-12-10-4-6(11-12)5-13-7-8-2-3-9-7/h2-4H,5H2,1H3,(H,8,9). The van der Waals surface area contributed by atoms with Crippen molar-refractivity contribution in [2.24, 2.45) is 7.05 Å². The highest BCUT2D eigenvalue weighted by Gasteiger charge is 2.00. The number of nitrogens with one attached hydrogen (secondary N) is 1. The highest BCUT2D eigenvalue weighted by molar-refractivity contribution is 7.98. The van der Waals surface area contributed by atoms with Gasteiger partial charge in [0, 0.05) is 25.2 Å². The van der Waals surface area contributed by atoms with Crippen LogP contribution in [0, 0.1) is 0 Å². The lowest BCUT2D eigenvalue weighted by molar-refractivity contribution is 0.649. The highest BCUT2D eigenvalue weighted by atomic mass is 32.2. The minimum absolute atomic E-state index is 0.793. The van der Waals surface area contributed by atoms with Crippen molar-refractivity contribution in [2.75, 3.05) is 0 Å². The molecule has 0 atom stereocenters. The number of aromatic nitrogens is 5. The number of nitrogens with zero attached hydrogens (tertiary/aromatic N) is 4. The van der Waals surface area contributed by atoms with Crippen LogP contribution in [0.1, 0.15) is 5.69 Å². The molecule has 5 nitrogen and oxygen atoms in total. The van der Waals surface area contributed by atoms with E-state index in [1.54, 1.807) is 42.2 Å². The third-order valence-electron chi connectivity index (χ3n) is 1.48. The fourth-order valence-corrected chi connectivity index (χ4v) is 1.63. The van der Waals surface area contributed by atoms with Crippen LogP contribution in [0.4, 0.5) is 0 Å². The number of hydrogen-bond donors (Lipinski definition) is 1. The van der Waals surface area contributed by atoms with E-state index >= 15 is 0 Å². The monoisotopic (exact) mass is 195 g/mol. The summed E-state index contributed by atoms with van der Waals surface area (Å²) in [6.07, 6.45) is 5.30. The van der Waals surface area contributed by atoms with Gasteiger partial charge < -0.3 is 4.98 Å². The predicted molar refractivity (Wildman–Crippen MR) is 49.2 cm³/mol. The molecule has 0 radical (unpaired) electrons. The van der Waals surface area contributed by atoms with Gasteiger partial charge in [0.15, 0.2) is 5.16 Å². The molecule has 0 aromatic carbocycles. The molecule has 13 heavy (non-hydrogen) atoms. The lowest BCUT2D eigenvalue weighted by Gasteiger charge is -1.91. The van der Waals surface area contributed by atoms with E-state index in [2.05, 4.69) is 20.2 Å². The number of imidazole rings is 1. The summed E-state index contributed by atoms with van der Waals surface area (Å²) in [6, 6.07) is 0. The Labute approximate surface area is 79.6 Å². The lowest BCUT2D eigenvalue weighted by atomic mass is 10.6. The number of H-pyrrole nitrogens is 1. The zero-order valence-corrected chi connectivity index (χ0v) is 7.95. The van der Waals surface area contributed by atoms with Gasteiger partial charge in [-0.3, -0.25) is 0 Å². The van der Waals surface area contributed by atoms with E-state index in [9.17, 15) is 0 Å². The van der Waals surface area contributed by atoms with E-state index in [1.165, 1.54) is 0 Å². The van der Waals surface area contributed by atoms with E-state index in [1.807, 2.05) is 0 Å². The second-order valence-electron chi connectivity index (χ2n) is 2.51. The van der Waals surface area contributed by atoms with E-state index < -0.39 is 0 Å². The summed E-state index contributed by atoms with van der Waals surface area (Å²) >= 11 is 1.61. The van der Waals surface area contributed by atoms with Crippen molar-refractivity contribution in [3.8, 4) is 0 Å². The molecule has 0 fully saturated rings. The zero-order chi connectivity index (χ0) is 9.10. The third-order valence-corrected chi connectivity index (χ3v) is 2.41. The molecule has 0 aliphatic carbocycles. The van der Waals surface area contributed by atoms with E-state index in [-0.39, 0.29) is 0 Å². The Kier molecular flexibility index (Phi) is 2.31. The van der Waals surface area contributed by atoms with E-state index in [0.29, 0.717) is 0 Å². The van der Waals surface area contributed by atoms with Crippen LogP contribution in [-0.2, 0) is 12.8 Å². The van der Waals surface area contributed by atoms with Crippen LogP contribution in [0.2, 0.25) is 0 Å². The van der Waals surface area contributed by atoms with Gasteiger partial charge in [-0.15, -0.1) is 0 Å². The molecular weight excluding hydrogens is 186 g/mol. The molecule has 0 spiro atoms. The maximum Gasteiger partial charge on any atom is 0.165 e. The van der Waals surface area contributed by atoms with Gasteiger partial charge in [-0.1, -0.05) is 11.8 Å². The number of thioether (sulfide) groups is 1. The molecule has 0 aliphatic heterocycles. The topological polar surface area (TPSA) is 59.4 Å². The first-order chi connectivity index (χ1) is 6.34. The van der Waals surface area contributed by atoms with Crippen molar-refractivity contribution in [1.82, 2.24) is 25.0 Å². The van der Waals surface area contributed by atoms with Gasteiger partial charge in [-0.05, 0) is 0 Å².